The van der Waals surface area contributed by atoms with Gasteiger partial charge in [0, 0.05) is 12.2 Å². The van der Waals surface area contributed by atoms with E-state index in [4.69, 9.17) is 17.0 Å². The zero-order valence-electron chi connectivity index (χ0n) is 12.7. The first-order valence-electron chi connectivity index (χ1n) is 7.24. The largest absolute Gasteiger partial charge is 0.461 e. The summed E-state index contributed by atoms with van der Waals surface area (Å²) in [5, 5.41) is 2.74. The summed E-state index contributed by atoms with van der Waals surface area (Å²) in [5.74, 6) is -0.671. The number of hydrogen-bond donors (Lipinski definition) is 2. The van der Waals surface area contributed by atoms with Gasteiger partial charge in [-0.25, -0.2) is 0 Å². The van der Waals surface area contributed by atoms with Crippen molar-refractivity contribution in [3.63, 3.8) is 0 Å². The highest BCUT2D eigenvalue weighted by Gasteiger charge is 2.15. The van der Waals surface area contributed by atoms with Crippen LogP contribution >= 0.6 is 12.2 Å². The number of ether oxygens (including phenoxy) is 1. The van der Waals surface area contributed by atoms with Gasteiger partial charge in [0.2, 0.25) is 0 Å². The van der Waals surface area contributed by atoms with E-state index in [9.17, 15) is 9.59 Å². The second kappa shape index (κ2) is 8.24. The number of H-pyrrole nitrogens is 1. The lowest BCUT2D eigenvalue weighted by Gasteiger charge is -2.13. The van der Waals surface area contributed by atoms with Crippen LogP contribution in [0, 0.1) is 4.64 Å². The molecule has 2 aromatic rings. The summed E-state index contributed by atoms with van der Waals surface area (Å²) in [4.78, 5) is 26.7. The maximum Gasteiger partial charge on any atom is 0.308 e. The third kappa shape index (κ3) is 5.34. The first-order valence-corrected chi connectivity index (χ1v) is 7.65. The van der Waals surface area contributed by atoms with Crippen molar-refractivity contribution in [2.45, 2.75) is 26.0 Å². The summed E-state index contributed by atoms with van der Waals surface area (Å²) in [6.45, 7) is 1.97. The van der Waals surface area contributed by atoms with E-state index in [1.807, 2.05) is 30.3 Å². The number of esters is 1. The molecule has 0 spiro atoms. The predicted octanol–water partition coefficient (Wildman–Crippen LogP) is 3.00. The van der Waals surface area contributed by atoms with E-state index < -0.39 is 0 Å². The van der Waals surface area contributed by atoms with E-state index in [2.05, 4.69) is 10.3 Å². The summed E-state index contributed by atoms with van der Waals surface area (Å²) in [5.41, 5.74) is 1.31. The first kappa shape index (κ1) is 16.9. The van der Waals surface area contributed by atoms with Crippen molar-refractivity contribution in [3.8, 4) is 0 Å². The molecule has 0 saturated carbocycles. The van der Waals surface area contributed by atoms with Crippen molar-refractivity contribution in [1.29, 1.82) is 0 Å². The molecule has 1 aromatic carbocycles. The molecule has 0 aliphatic heterocycles. The van der Waals surface area contributed by atoms with Gasteiger partial charge in [0.25, 0.3) is 5.91 Å². The molecule has 2 rings (SSSR count). The fourth-order valence-electron chi connectivity index (χ4n) is 2.00. The van der Waals surface area contributed by atoms with Crippen LogP contribution in [0.3, 0.4) is 0 Å². The smallest absolute Gasteiger partial charge is 0.308 e. The van der Waals surface area contributed by atoms with Crippen LogP contribution in [-0.2, 0) is 16.1 Å². The molecule has 0 aliphatic carbocycles. The summed E-state index contributed by atoms with van der Waals surface area (Å²) < 4.78 is 5.56. The Balaban J connectivity index is 1.81. The van der Waals surface area contributed by atoms with Crippen molar-refractivity contribution in [3.05, 3.63) is 64.4 Å². The number of carbonyl (C=O) groups excluding carboxylic acids is 2. The molecule has 0 bridgehead atoms. The molecule has 1 atom stereocenters. The Morgan fingerprint density at radius 2 is 1.96 bits per heavy atom. The summed E-state index contributed by atoms with van der Waals surface area (Å²) in [7, 11) is 0. The van der Waals surface area contributed by atoms with Crippen LogP contribution in [0.4, 0.5) is 0 Å². The van der Waals surface area contributed by atoms with Gasteiger partial charge < -0.3 is 15.0 Å². The van der Waals surface area contributed by atoms with E-state index in [0.717, 1.165) is 5.56 Å². The van der Waals surface area contributed by atoms with Gasteiger partial charge in [-0.05, 0) is 24.6 Å². The number of amides is 1. The van der Waals surface area contributed by atoms with Crippen LogP contribution in [0.15, 0.2) is 48.7 Å². The van der Waals surface area contributed by atoms with Crippen molar-refractivity contribution in [2.75, 3.05) is 0 Å². The van der Waals surface area contributed by atoms with Crippen LogP contribution in [0.5, 0.6) is 0 Å². The van der Waals surface area contributed by atoms with Crippen LogP contribution < -0.4 is 5.32 Å². The van der Waals surface area contributed by atoms with Crippen LogP contribution in [-0.4, -0.2) is 22.9 Å². The van der Waals surface area contributed by atoms with Crippen molar-refractivity contribution in [2.24, 2.45) is 0 Å². The summed E-state index contributed by atoms with van der Waals surface area (Å²) in [6, 6.07) is 12.4. The molecule has 23 heavy (non-hydrogen) atoms. The molecular formula is C17H18N2O3S. The number of rotatable bonds is 6. The van der Waals surface area contributed by atoms with Gasteiger partial charge >= 0.3 is 5.97 Å². The molecule has 0 saturated heterocycles. The molecular weight excluding hydrogens is 312 g/mol. The highest BCUT2D eigenvalue weighted by atomic mass is 32.1. The zero-order valence-corrected chi connectivity index (χ0v) is 13.6. The van der Waals surface area contributed by atoms with Crippen LogP contribution in [0.25, 0.3) is 0 Å². The zero-order chi connectivity index (χ0) is 16.7. The van der Waals surface area contributed by atoms with Gasteiger partial charge in [0.05, 0.1) is 12.0 Å². The molecule has 0 radical (unpaired) electrons. The maximum atomic E-state index is 12.1. The average molecular weight is 330 g/mol. The fraction of sp³-hybridized carbons (Fsp3) is 0.235. The Bertz CT molecular complexity index is 728. The second-order valence-corrected chi connectivity index (χ2v) is 5.55. The fourth-order valence-corrected chi connectivity index (χ4v) is 2.23. The first-order chi connectivity index (χ1) is 11.1. The molecule has 0 aliphatic rings. The van der Waals surface area contributed by atoms with E-state index in [1.54, 1.807) is 25.3 Å². The molecule has 120 valence electrons. The normalized spacial score (nSPS) is 11.5. The lowest BCUT2D eigenvalue weighted by atomic mass is 10.2. The second-order valence-electron chi connectivity index (χ2n) is 5.14. The minimum absolute atomic E-state index is 0.0991. The topological polar surface area (TPSA) is 71.2 Å². The quantitative estimate of drug-likeness (QED) is 0.631. The third-order valence-electron chi connectivity index (χ3n) is 3.16. The van der Waals surface area contributed by atoms with E-state index in [-0.39, 0.29) is 30.9 Å². The molecule has 6 heteroatoms. The Morgan fingerprint density at radius 1 is 1.22 bits per heavy atom. The number of pyridine rings is 1. The van der Waals surface area contributed by atoms with Gasteiger partial charge in [-0.3, -0.25) is 9.59 Å². The third-order valence-corrected chi connectivity index (χ3v) is 3.49. The minimum atomic E-state index is -0.361. The van der Waals surface area contributed by atoms with E-state index in [1.165, 1.54) is 0 Å². The molecule has 1 heterocycles. The number of hydrogen-bond acceptors (Lipinski definition) is 4. The summed E-state index contributed by atoms with van der Waals surface area (Å²) in [6.07, 6.45) is 1.76. The molecule has 5 nitrogen and oxygen atoms in total. The van der Waals surface area contributed by atoms with Crippen LogP contribution in [0.1, 0.15) is 29.3 Å². The molecule has 2 N–H and O–H groups in total. The van der Waals surface area contributed by atoms with Gasteiger partial charge in [-0.1, -0.05) is 42.5 Å². The molecule has 0 unspecified atom stereocenters. The Kier molecular flexibility index (Phi) is 6.05. The van der Waals surface area contributed by atoms with Gasteiger partial charge in [-0.15, -0.1) is 0 Å². The number of aromatic amines is 1. The van der Waals surface area contributed by atoms with Gasteiger partial charge in [-0.2, -0.15) is 0 Å². The maximum absolute atomic E-state index is 12.1. The number of carbonyl (C=O) groups is 2. The lowest BCUT2D eigenvalue weighted by molar-refractivity contribution is -0.145. The van der Waals surface area contributed by atoms with Crippen molar-refractivity contribution >= 4 is 24.1 Å². The molecule has 1 aromatic heterocycles. The Labute approximate surface area is 139 Å². The van der Waals surface area contributed by atoms with Gasteiger partial charge in [0.1, 0.15) is 11.2 Å². The number of nitrogens with one attached hydrogen (secondary N) is 2. The predicted molar refractivity (Wildman–Crippen MR) is 89.4 cm³/mol. The monoisotopic (exact) mass is 330 g/mol. The molecule has 1 amide bonds. The lowest BCUT2D eigenvalue weighted by Crippen LogP contribution is -2.34. The highest BCUT2D eigenvalue weighted by Crippen LogP contribution is 2.04. The minimum Gasteiger partial charge on any atom is -0.461 e. The van der Waals surface area contributed by atoms with Crippen molar-refractivity contribution < 1.29 is 14.3 Å². The molecule has 0 fully saturated rings. The van der Waals surface area contributed by atoms with E-state index >= 15 is 0 Å². The SMILES string of the molecule is C[C@@H](CC(=O)OCc1ccccc1)NC(=O)c1ccc[nH]c1=S. The number of benzene rings is 1. The van der Waals surface area contributed by atoms with Gasteiger partial charge in [0.15, 0.2) is 0 Å². The Morgan fingerprint density at radius 3 is 2.65 bits per heavy atom. The number of aromatic nitrogens is 1. The van der Waals surface area contributed by atoms with Crippen molar-refractivity contribution in [1.82, 2.24) is 10.3 Å². The van der Waals surface area contributed by atoms with Crippen LogP contribution in [0.2, 0.25) is 0 Å². The van der Waals surface area contributed by atoms with E-state index in [0.29, 0.717) is 10.2 Å². The standard InChI is InChI=1S/C17H18N2O3S/c1-12(19-16(21)14-8-5-9-18-17(14)23)10-15(20)22-11-13-6-3-2-4-7-13/h2-9,12H,10-11H2,1H3,(H,18,23)(H,19,21)/t12-/m0/s1. The Hall–Kier alpha value is -2.47. The average Bonchev–Trinajstić information content (AvgIpc) is 2.54. The highest BCUT2D eigenvalue weighted by molar-refractivity contribution is 7.71. The summed E-state index contributed by atoms with van der Waals surface area (Å²) >= 11 is 5.06.